The van der Waals surface area contributed by atoms with Crippen molar-refractivity contribution in [1.82, 2.24) is 0 Å². The maximum absolute atomic E-state index is 5.90. The Labute approximate surface area is 97.7 Å². The second-order valence-electron chi connectivity index (χ2n) is 4.77. The van der Waals surface area contributed by atoms with Gasteiger partial charge in [0, 0.05) is 12.0 Å². The lowest BCUT2D eigenvalue weighted by Gasteiger charge is -2.22. The van der Waals surface area contributed by atoms with E-state index in [1.54, 1.807) is 0 Å². The molecule has 2 rings (SSSR count). The molecule has 1 heteroatoms. The topological polar surface area (TPSA) is 26.0 Å². The van der Waals surface area contributed by atoms with Crippen molar-refractivity contribution in [2.24, 2.45) is 5.73 Å². The van der Waals surface area contributed by atoms with Crippen molar-refractivity contribution < 1.29 is 0 Å². The zero-order valence-electron chi connectivity index (χ0n) is 10.2. The summed E-state index contributed by atoms with van der Waals surface area (Å²) < 4.78 is 0. The summed E-state index contributed by atoms with van der Waals surface area (Å²) in [5.41, 5.74) is 11.3. The van der Waals surface area contributed by atoms with Gasteiger partial charge in [-0.1, -0.05) is 50.3 Å². The number of nitrogens with two attached hydrogens (primary N) is 1. The molecular weight excluding hydrogens is 194 g/mol. The first-order valence-electron chi connectivity index (χ1n) is 5.79. The van der Waals surface area contributed by atoms with Gasteiger partial charge in [0.05, 0.1) is 0 Å². The number of benzene rings is 1. The molecule has 1 nitrogen and oxygen atoms in total. The molecule has 0 aliphatic heterocycles. The summed E-state index contributed by atoms with van der Waals surface area (Å²) in [4.78, 5) is 0. The second kappa shape index (κ2) is 3.91. The molecule has 0 bridgehead atoms. The van der Waals surface area contributed by atoms with E-state index in [1.807, 2.05) is 0 Å². The summed E-state index contributed by atoms with van der Waals surface area (Å²) in [6, 6.07) is 8.58. The second-order valence-corrected chi connectivity index (χ2v) is 4.77. The number of hydrogen-bond acceptors (Lipinski definition) is 1. The van der Waals surface area contributed by atoms with Crippen LogP contribution in [-0.2, 0) is 5.41 Å². The van der Waals surface area contributed by atoms with Crippen LogP contribution in [0.25, 0.3) is 5.57 Å². The van der Waals surface area contributed by atoms with E-state index in [2.05, 4.69) is 57.2 Å². The highest BCUT2D eigenvalue weighted by molar-refractivity contribution is 5.82. The van der Waals surface area contributed by atoms with Crippen molar-refractivity contribution in [3.05, 3.63) is 53.1 Å². The van der Waals surface area contributed by atoms with Gasteiger partial charge in [0.25, 0.3) is 0 Å². The van der Waals surface area contributed by atoms with Gasteiger partial charge in [0.15, 0.2) is 0 Å². The van der Waals surface area contributed by atoms with Crippen molar-refractivity contribution >= 4 is 5.57 Å². The number of fused-ring (bicyclic) bond motifs is 1. The predicted octanol–water partition coefficient (Wildman–Crippen LogP) is 3.27. The molecule has 1 aliphatic rings. The summed E-state index contributed by atoms with van der Waals surface area (Å²) in [5.74, 6) is 0. The Kier molecular flexibility index (Phi) is 2.73. The van der Waals surface area contributed by atoms with Crippen LogP contribution >= 0.6 is 0 Å². The van der Waals surface area contributed by atoms with Crippen LogP contribution in [0.15, 0.2) is 42.0 Å². The number of allylic oxidation sites excluding steroid dienone is 3. The predicted molar refractivity (Wildman–Crippen MR) is 70.3 cm³/mol. The standard InChI is InChI=1S/C15H19N/c1-4-7-13-12(10-16)11-8-5-6-9-14(11)15(13,2)3/h4-9H,10,16H2,1-3H3/b7-4-. The first kappa shape index (κ1) is 11.2. The monoisotopic (exact) mass is 213 g/mol. The Hall–Kier alpha value is -1.34. The Balaban J connectivity index is 2.69. The van der Waals surface area contributed by atoms with Gasteiger partial charge in [0.1, 0.15) is 0 Å². The molecule has 0 amide bonds. The van der Waals surface area contributed by atoms with Crippen LogP contribution in [0.1, 0.15) is 31.9 Å². The van der Waals surface area contributed by atoms with Crippen LogP contribution in [0, 0.1) is 0 Å². The van der Waals surface area contributed by atoms with E-state index < -0.39 is 0 Å². The van der Waals surface area contributed by atoms with E-state index in [0.29, 0.717) is 6.54 Å². The van der Waals surface area contributed by atoms with Gasteiger partial charge in [-0.25, -0.2) is 0 Å². The molecular formula is C15H19N. The van der Waals surface area contributed by atoms with Crippen molar-refractivity contribution in [2.75, 3.05) is 6.54 Å². The lowest BCUT2D eigenvalue weighted by molar-refractivity contribution is 0.653. The van der Waals surface area contributed by atoms with Gasteiger partial charge < -0.3 is 5.73 Å². The van der Waals surface area contributed by atoms with Gasteiger partial charge in [-0.3, -0.25) is 0 Å². The molecule has 16 heavy (non-hydrogen) atoms. The lowest BCUT2D eigenvalue weighted by Crippen LogP contribution is -2.16. The SMILES string of the molecule is C/C=C\C1=C(CN)c2ccccc2C1(C)C. The van der Waals surface area contributed by atoms with Gasteiger partial charge in [0.2, 0.25) is 0 Å². The minimum atomic E-state index is 0.0812. The first-order valence-corrected chi connectivity index (χ1v) is 5.79. The average Bonchev–Trinajstić information content (AvgIpc) is 2.49. The normalized spacial score (nSPS) is 18.2. The van der Waals surface area contributed by atoms with E-state index in [4.69, 9.17) is 5.73 Å². The number of rotatable bonds is 2. The van der Waals surface area contributed by atoms with Crippen LogP contribution in [0.2, 0.25) is 0 Å². The summed E-state index contributed by atoms with van der Waals surface area (Å²) >= 11 is 0. The molecule has 0 heterocycles. The molecule has 1 aromatic carbocycles. The molecule has 0 radical (unpaired) electrons. The van der Waals surface area contributed by atoms with E-state index in [0.717, 1.165) is 0 Å². The fourth-order valence-corrected chi connectivity index (χ4v) is 2.65. The summed E-state index contributed by atoms with van der Waals surface area (Å²) in [6.45, 7) is 7.20. The molecule has 84 valence electrons. The highest BCUT2D eigenvalue weighted by Crippen LogP contribution is 2.46. The highest BCUT2D eigenvalue weighted by atomic mass is 14.6. The maximum atomic E-state index is 5.90. The van der Waals surface area contributed by atoms with Gasteiger partial charge in [-0.15, -0.1) is 0 Å². The third-order valence-corrected chi connectivity index (χ3v) is 3.46. The Bertz CT molecular complexity index is 464. The largest absolute Gasteiger partial charge is 0.326 e. The molecule has 1 aromatic rings. The molecule has 0 fully saturated rings. The Morgan fingerprint density at radius 1 is 1.25 bits per heavy atom. The smallest absolute Gasteiger partial charge is 0.0187 e. The van der Waals surface area contributed by atoms with Crippen LogP contribution < -0.4 is 5.73 Å². The molecule has 0 saturated carbocycles. The fourth-order valence-electron chi connectivity index (χ4n) is 2.65. The third-order valence-electron chi connectivity index (χ3n) is 3.46. The zero-order valence-corrected chi connectivity index (χ0v) is 10.2. The zero-order chi connectivity index (χ0) is 11.8. The highest BCUT2D eigenvalue weighted by Gasteiger charge is 2.35. The summed E-state index contributed by atoms with van der Waals surface area (Å²) in [6.07, 6.45) is 4.29. The Morgan fingerprint density at radius 3 is 2.56 bits per heavy atom. The van der Waals surface area contributed by atoms with Crippen molar-refractivity contribution in [2.45, 2.75) is 26.2 Å². The van der Waals surface area contributed by atoms with E-state index in [-0.39, 0.29) is 5.41 Å². The van der Waals surface area contributed by atoms with E-state index in [1.165, 1.54) is 22.3 Å². The van der Waals surface area contributed by atoms with Crippen LogP contribution in [-0.4, -0.2) is 6.54 Å². The fraction of sp³-hybridized carbons (Fsp3) is 0.333. The quantitative estimate of drug-likeness (QED) is 0.801. The summed E-state index contributed by atoms with van der Waals surface area (Å²) in [5, 5.41) is 0. The first-order chi connectivity index (χ1) is 7.62. The van der Waals surface area contributed by atoms with Gasteiger partial charge in [-0.05, 0) is 29.2 Å². The van der Waals surface area contributed by atoms with Crippen molar-refractivity contribution in [3.63, 3.8) is 0 Å². The van der Waals surface area contributed by atoms with Crippen LogP contribution in [0.4, 0.5) is 0 Å². The lowest BCUT2D eigenvalue weighted by atomic mass is 9.81. The third kappa shape index (κ3) is 1.43. The number of hydrogen-bond donors (Lipinski definition) is 1. The molecule has 1 aliphatic carbocycles. The average molecular weight is 213 g/mol. The van der Waals surface area contributed by atoms with E-state index >= 15 is 0 Å². The molecule has 0 aromatic heterocycles. The minimum absolute atomic E-state index is 0.0812. The van der Waals surface area contributed by atoms with Gasteiger partial charge >= 0.3 is 0 Å². The maximum Gasteiger partial charge on any atom is 0.0187 e. The van der Waals surface area contributed by atoms with Crippen LogP contribution in [0.3, 0.4) is 0 Å². The minimum Gasteiger partial charge on any atom is -0.326 e. The molecule has 0 unspecified atom stereocenters. The molecule has 2 N–H and O–H groups in total. The molecule has 0 saturated heterocycles. The Morgan fingerprint density at radius 2 is 1.94 bits per heavy atom. The van der Waals surface area contributed by atoms with Gasteiger partial charge in [-0.2, -0.15) is 0 Å². The summed E-state index contributed by atoms with van der Waals surface area (Å²) in [7, 11) is 0. The van der Waals surface area contributed by atoms with Crippen LogP contribution in [0.5, 0.6) is 0 Å². The molecule has 0 atom stereocenters. The van der Waals surface area contributed by atoms with Crippen molar-refractivity contribution in [1.29, 1.82) is 0 Å². The molecule has 0 spiro atoms. The van der Waals surface area contributed by atoms with E-state index in [9.17, 15) is 0 Å². The van der Waals surface area contributed by atoms with Crippen molar-refractivity contribution in [3.8, 4) is 0 Å².